The van der Waals surface area contributed by atoms with Crippen molar-refractivity contribution in [2.45, 2.75) is 18.7 Å². The van der Waals surface area contributed by atoms with Crippen molar-refractivity contribution in [1.29, 1.82) is 0 Å². The highest BCUT2D eigenvalue weighted by atomic mass is 35.5. The molecule has 0 bridgehead atoms. The fourth-order valence-corrected chi connectivity index (χ4v) is 2.66. The average molecular weight is 332 g/mol. The molecule has 3 nitrogen and oxygen atoms in total. The van der Waals surface area contributed by atoms with E-state index in [-0.39, 0.29) is 11.3 Å². The summed E-state index contributed by atoms with van der Waals surface area (Å²) in [5.74, 6) is 0.860. The molecule has 122 valence electrons. The molecule has 1 amide bonds. The van der Waals surface area contributed by atoms with Crippen molar-refractivity contribution < 1.29 is 9.53 Å². The lowest BCUT2D eigenvalue weighted by Crippen LogP contribution is -2.32. The van der Waals surface area contributed by atoms with Gasteiger partial charge in [0, 0.05) is 18.7 Å². The molecule has 0 spiro atoms. The Morgan fingerprint density at radius 1 is 1.13 bits per heavy atom. The highest BCUT2D eigenvalue weighted by Gasteiger charge is 2.16. The molecule has 1 unspecified atom stereocenters. The van der Waals surface area contributed by atoms with Gasteiger partial charge in [-0.25, -0.2) is 0 Å². The van der Waals surface area contributed by atoms with Crippen molar-refractivity contribution in [2.24, 2.45) is 0 Å². The van der Waals surface area contributed by atoms with E-state index in [0.29, 0.717) is 25.1 Å². The third-order valence-electron chi connectivity index (χ3n) is 3.82. The number of ether oxygens (including phenoxy) is 1. The van der Waals surface area contributed by atoms with E-state index >= 15 is 0 Å². The quantitative estimate of drug-likeness (QED) is 0.698. The Hall–Kier alpha value is -2.00. The molecule has 0 aliphatic carbocycles. The Morgan fingerprint density at radius 2 is 1.78 bits per heavy atom. The smallest absolute Gasteiger partial charge is 0.253 e. The predicted molar refractivity (Wildman–Crippen MR) is 94.2 cm³/mol. The molecule has 0 N–H and O–H groups in total. The third kappa shape index (κ3) is 4.73. The van der Waals surface area contributed by atoms with E-state index in [9.17, 15) is 4.79 Å². The van der Waals surface area contributed by atoms with Gasteiger partial charge in [-0.2, -0.15) is 0 Å². The highest BCUT2D eigenvalue weighted by Crippen LogP contribution is 2.26. The lowest BCUT2D eigenvalue weighted by atomic mass is 10.1. The van der Waals surface area contributed by atoms with Crippen LogP contribution in [-0.4, -0.2) is 31.0 Å². The summed E-state index contributed by atoms with van der Waals surface area (Å²) in [6.07, 6.45) is 0.709. The molecule has 0 aliphatic rings. The molecule has 4 heteroatoms. The minimum atomic E-state index is -0.126. The van der Waals surface area contributed by atoms with Crippen LogP contribution >= 0.6 is 11.6 Å². The molecule has 1 atom stereocenters. The maximum absolute atomic E-state index is 12.5. The fourth-order valence-electron chi connectivity index (χ4n) is 2.42. The first kappa shape index (κ1) is 17.4. The molecule has 2 aromatic rings. The molecular formula is C19H22ClNO2. The second-order valence-corrected chi connectivity index (χ2v) is 5.81. The van der Waals surface area contributed by atoms with Crippen molar-refractivity contribution in [3.8, 4) is 5.75 Å². The first-order valence-corrected chi connectivity index (χ1v) is 8.21. The zero-order valence-corrected chi connectivity index (χ0v) is 14.3. The van der Waals surface area contributed by atoms with Crippen molar-refractivity contribution in [2.75, 3.05) is 20.2 Å². The SMILES string of the molecule is CCN(CCC(Cl)c1ccc(OC)cc1)C(=O)c1ccccc1. The summed E-state index contributed by atoms with van der Waals surface area (Å²) in [5, 5.41) is -0.126. The topological polar surface area (TPSA) is 29.5 Å². The van der Waals surface area contributed by atoms with E-state index in [1.54, 1.807) is 7.11 Å². The molecule has 2 aromatic carbocycles. The number of alkyl halides is 1. The normalized spacial score (nSPS) is 11.8. The zero-order chi connectivity index (χ0) is 16.7. The van der Waals surface area contributed by atoms with Crippen molar-refractivity contribution >= 4 is 17.5 Å². The molecule has 23 heavy (non-hydrogen) atoms. The Bertz CT molecular complexity index is 613. The fraction of sp³-hybridized carbons (Fsp3) is 0.316. The molecular weight excluding hydrogens is 310 g/mol. The molecule has 0 fully saturated rings. The van der Waals surface area contributed by atoms with Crippen molar-refractivity contribution in [1.82, 2.24) is 4.90 Å². The van der Waals surface area contributed by atoms with Crippen LogP contribution in [-0.2, 0) is 0 Å². The van der Waals surface area contributed by atoms with E-state index in [4.69, 9.17) is 16.3 Å². The van der Waals surface area contributed by atoms with Gasteiger partial charge in [-0.15, -0.1) is 11.6 Å². The second-order valence-electron chi connectivity index (χ2n) is 5.28. The van der Waals surface area contributed by atoms with Crippen LogP contribution in [0.4, 0.5) is 0 Å². The van der Waals surface area contributed by atoms with Gasteiger partial charge in [0.05, 0.1) is 12.5 Å². The van der Waals surface area contributed by atoms with Gasteiger partial charge in [0.25, 0.3) is 5.91 Å². The number of amides is 1. The number of hydrogen-bond acceptors (Lipinski definition) is 2. The molecule has 0 saturated heterocycles. The molecule has 0 aromatic heterocycles. The minimum absolute atomic E-state index is 0.0479. The van der Waals surface area contributed by atoms with Gasteiger partial charge in [-0.05, 0) is 43.2 Å². The number of halogens is 1. The molecule has 0 aliphatic heterocycles. The van der Waals surface area contributed by atoms with E-state index in [1.165, 1.54) is 0 Å². The maximum atomic E-state index is 12.5. The summed E-state index contributed by atoms with van der Waals surface area (Å²) in [6, 6.07) is 17.1. The average Bonchev–Trinajstić information content (AvgIpc) is 2.62. The first-order chi connectivity index (χ1) is 11.2. The molecule has 0 radical (unpaired) electrons. The van der Waals surface area contributed by atoms with Gasteiger partial charge < -0.3 is 9.64 Å². The third-order valence-corrected chi connectivity index (χ3v) is 4.29. The molecule has 0 heterocycles. The van der Waals surface area contributed by atoms with Gasteiger partial charge >= 0.3 is 0 Å². The minimum Gasteiger partial charge on any atom is -0.497 e. The van der Waals surface area contributed by atoms with Crippen molar-refractivity contribution in [3.05, 3.63) is 65.7 Å². The van der Waals surface area contributed by atoms with Gasteiger partial charge in [-0.1, -0.05) is 30.3 Å². The number of carbonyl (C=O) groups is 1. The van der Waals surface area contributed by atoms with Crippen LogP contribution in [0, 0.1) is 0 Å². The number of hydrogen-bond donors (Lipinski definition) is 0. The van der Waals surface area contributed by atoms with Crippen LogP contribution in [0.5, 0.6) is 5.75 Å². The Kier molecular flexibility index (Phi) is 6.48. The lowest BCUT2D eigenvalue weighted by Gasteiger charge is -2.22. The number of benzene rings is 2. The van der Waals surface area contributed by atoms with Gasteiger partial charge in [0.2, 0.25) is 0 Å². The Morgan fingerprint density at radius 3 is 2.35 bits per heavy atom. The maximum Gasteiger partial charge on any atom is 0.253 e. The number of nitrogens with zero attached hydrogens (tertiary/aromatic N) is 1. The predicted octanol–water partition coefficient (Wildman–Crippen LogP) is 4.53. The van der Waals surface area contributed by atoms with Crippen LogP contribution < -0.4 is 4.74 Å². The summed E-state index contributed by atoms with van der Waals surface area (Å²) in [6.45, 7) is 3.28. The Labute approximate surface area is 142 Å². The largest absolute Gasteiger partial charge is 0.497 e. The molecule has 2 rings (SSSR count). The van der Waals surface area contributed by atoms with Crippen molar-refractivity contribution in [3.63, 3.8) is 0 Å². The number of methoxy groups -OCH3 is 1. The van der Waals surface area contributed by atoms with Crippen LogP contribution in [0.1, 0.15) is 34.6 Å². The van der Waals surface area contributed by atoms with Crippen LogP contribution in [0.15, 0.2) is 54.6 Å². The summed E-state index contributed by atoms with van der Waals surface area (Å²) in [5.41, 5.74) is 1.75. The van der Waals surface area contributed by atoms with Gasteiger partial charge in [0.1, 0.15) is 5.75 Å². The van der Waals surface area contributed by atoms with Crippen LogP contribution in [0.2, 0.25) is 0 Å². The monoisotopic (exact) mass is 331 g/mol. The number of carbonyl (C=O) groups excluding carboxylic acids is 1. The standard InChI is InChI=1S/C19H22ClNO2/c1-3-21(19(22)16-7-5-4-6-8-16)14-13-18(20)15-9-11-17(23-2)12-10-15/h4-12,18H,3,13-14H2,1-2H3. The van der Waals surface area contributed by atoms with Gasteiger partial charge in [-0.3, -0.25) is 4.79 Å². The Balaban J connectivity index is 1.95. The van der Waals surface area contributed by atoms with E-state index < -0.39 is 0 Å². The second kappa shape index (κ2) is 8.59. The van der Waals surface area contributed by atoms with Gasteiger partial charge in [0.15, 0.2) is 0 Å². The summed E-state index contributed by atoms with van der Waals surface area (Å²) < 4.78 is 5.15. The van der Waals surface area contributed by atoms with Crippen LogP contribution in [0.3, 0.4) is 0 Å². The lowest BCUT2D eigenvalue weighted by molar-refractivity contribution is 0.0762. The first-order valence-electron chi connectivity index (χ1n) is 7.78. The van der Waals surface area contributed by atoms with E-state index in [1.807, 2.05) is 66.4 Å². The molecule has 0 saturated carbocycles. The zero-order valence-electron chi connectivity index (χ0n) is 13.5. The van der Waals surface area contributed by atoms with Crippen LogP contribution in [0.25, 0.3) is 0 Å². The summed E-state index contributed by atoms with van der Waals surface area (Å²) in [7, 11) is 1.64. The van der Waals surface area contributed by atoms with E-state index in [0.717, 1.165) is 11.3 Å². The summed E-state index contributed by atoms with van der Waals surface area (Å²) >= 11 is 6.47. The van der Waals surface area contributed by atoms with E-state index in [2.05, 4.69) is 0 Å². The highest BCUT2D eigenvalue weighted by molar-refractivity contribution is 6.20. The number of rotatable bonds is 7. The summed E-state index contributed by atoms with van der Waals surface area (Å²) in [4.78, 5) is 14.3.